The molecule has 1 aromatic carbocycles. The van der Waals surface area contributed by atoms with E-state index in [1.165, 1.54) is 12.1 Å². The average molecular weight is 288 g/mol. The smallest absolute Gasteiger partial charge is 0.289 e. The molecular weight excluding hydrogens is 272 g/mol. The predicted octanol–water partition coefficient (Wildman–Crippen LogP) is 0.890. The molecule has 19 heavy (non-hydrogen) atoms. The molecule has 0 saturated carbocycles. The fourth-order valence-corrected chi connectivity index (χ4v) is 2.57. The molecule has 0 aliphatic carbocycles. The van der Waals surface area contributed by atoms with E-state index in [1.54, 1.807) is 13.8 Å². The Morgan fingerprint density at radius 3 is 2.47 bits per heavy atom. The lowest BCUT2D eigenvalue weighted by atomic mass is 10.1. The fraction of sp³-hybridized carbons (Fsp3) is 0.455. The quantitative estimate of drug-likeness (QED) is 0.596. The first-order chi connectivity index (χ1) is 8.75. The van der Waals surface area contributed by atoms with Crippen molar-refractivity contribution in [2.75, 3.05) is 6.54 Å². The van der Waals surface area contributed by atoms with E-state index < -0.39 is 31.6 Å². The topological polar surface area (TPSA) is 110 Å². The van der Waals surface area contributed by atoms with Crippen LogP contribution in [0.1, 0.15) is 13.8 Å². The SMILES string of the molecule is CC(C)C(O)CNS(=O)(=O)c1ccccc1[N+](=O)[O-]. The summed E-state index contributed by atoms with van der Waals surface area (Å²) in [5.41, 5.74) is -0.492. The van der Waals surface area contributed by atoms with Crippen molar-refractivity contribution < 1.29 is 18.4 Å². The number of rotatable bonds is 6. The van der Waals surface area contributed by atoms with Crippen molar-refractivity contribution in [3.05, 3.63) is 34.4 Å². The van der Waals surface area contributed by atoms with Crippen molar-refractivity contribution in [2.45, 2.75) is 24.8 Å². The van der Waals surface area contributed by atoms with Gasteiger partial charge in [-0.2, -0.15) is 0 Å². The number of nitro benzene ring substituents is 1. The molecule has 0 saturated heterocycles. The Hall–Kier alpha value is -1.51. The van der Waals surface area contributed by atoms with Crippen LogP contribution < -0.4 is 4.72 Å². The molecule has 0 spiro atoms. The summed E-state index contributed by atoms with van der Waals surface area (Å²) in [4.78, 5) is 9.62. The molecule has 0 amide bonds. The number of sulfonamides is 1. The van der Waals surface area contributed by atoms with Crippen LogP contribution >= 0.6 is 0 Å². The average Bonchev–Trinajstić information content (AvgIpc) is 2.35. The lowest BCUT2D eigenvalue weighted by Gasteiger charge is -2.15. The predicted molar refractivity (Wildman–Crippen MR) is 69.1 cm³/mol. The number of nitrogens with zero attached hydrogens (tertiary/aromatic N) is 1. The Bertz CT molecular complexity index is 556. The molecule has 0 aliphatic heterocycles. The highest BCUT2D eigenvalue weighted by Crippen LogP contribution is 2.22. The fourth-order valence-electron chi connectivity index (χ4n) is 1.34. The molecular formula is C11H16N2O5S. The lowest BCUT2D eigenvalue weighted by molar-refractivity contribution is -0.387. The van der Waals surface area contributed by atoms with E-state index in [4.69, 9.17) is 0 Å². The van der Waals surface area contributed by atoms with Gasteiger partial charge in [-0.3, -0.25) is 10.1 Å². The third-order valence-corrected chi connectivity index (χ3v) is 4.07. The van der Waals surface area contributed by atoms with Gasteiger partial charge in [-0.05, 0) is 12.0 Å². The Morgan fingerprint density at radius 2 is 1.95 bits per heavy atom. The first kappa shape index (κ1) is 15.5. The van der Waals surface area contributed by atoms with Gasteiger partial charge in [-0.25, -0.2) is 13.1 Å². The Kier molecular flexibility index (Phi) is 4.98. The number of para-hydroxylation sites is 1. The van der Waals surface area contributed by atoms with Gasteiger partial charge in [0.1, 0.15) is 0 Å². The molecule has 1 unspecified atom stereocenters. The van der Waals surface area contributed by atoms with Crippen LogP contribution in [0.25, 0.3) is 0 Å². The zero-order valence-electron chi connectivity index (χ0n) is 10.6. The Morgan fingerprint density at radius 1 is 1.37 bits per heavy atom. The van der Waals surface area contributed by atoms with Gasteiger partial charge in [0.2, 0.25) is 10.0 Å². The van der Waals surface area contributed by atoms with E-state index in [0.717, 1.165) is 12.1 Å². The summed E-state index contributed by atoms with van der Waals surface area (Å²) in [6, 6.07) is 5.07. The van der Waals surface area contributed by atoms with Gasteiger partial charge in [0, 0.05) is 12.6 Å². The second-order valence-corrected chi connectivity index (χ2v) is 6.12. The largest absolute Gasteiger partial charge is 0.391 e. The highest BCUT2D eigenvalue weighted by Gasteiger charge is 2.25. The number of aliphatic hydroxyl groups is 1. The number of benzene rings is 1. The molecule has 2 N–H and O–H groups in total. The number of hydrogen-bond acceptors (Lipinski definition) is 5. The van der Waals surface area contributed by atoms with E-state index in [0.29, 0.717) is 0 Å². The monoisotopic (exact) mass is 288 g/mol. The first-order valence-corrected chi connectivity index (χ1v) is 7.15. The summed E-state index contributed by atoms with van der Waals surface area (Å²) in [5, 5.41) is 20.3. The minimum Gasteiger partial charge on any atom is -0.391 e. The van der Waals surface area contributed by atoms with Gasteiger partial charge in [0.05, 0.1) is 11.0 Å². The van der Waals surface area contributed by atoms with Crippen molar-refractivity contribution >= 4 is 15.7 Å². The summed E-state index contributed by atoms with van der Waals surface area (Å²) in [5.74, 6) is -0.117. The van der Waals surface area contributed by atoms with Crippen molar-refractivity contribution in [3.8, 4) is 0 Å². The maximum atomic E-state index is 12.0. The van der Waals surface area contributed by atoms with E-state index in [2.05, 4.69) is 4.72 Å². The van der Waals surface area contributed by atoms with E-state index in [1.807, 2.05) is 0 Å². The summed E-state index contributed by atoms with van der Waals surface area (Å²) in [6.45, 7) is 3.29. The maximum Gasteiger partial charge on any atom is 0.289 e. The molecule has 1 aromatic rings. The highest BCUT2D eigenvalue weighted by molar-refractivity contribution is 7.89. The van der Waals surface area contributed by atoms with Crippen LogP contribution in [0.2, 0.25) is 0 Å². The van der Waals surface area contributed by atoms with Gasteiger partial charge in [0.25, 0.3) is 5.69 Å². The molecule has 0 heterocycles. The van der Waals surface area contributed by atoms with E-state index >= 15 is 0 Å². The Labute approximate surface area is 111 Å². The molecule has 1 rings (SSSR count). The number of hydrogen-bond donors (Lipinski definition) is 2. The van der Waals surface area contributed by atoms with Crippen molar-refractivity contribution in [3.63, 3.8) is 0 Å². The van der Waals surface area contributed by atoms with Crippen LogP contribution in [-0.2, 0) is 10.0 Å². The normalized spacial score (nSPS) is 13.5. The van der Waals surface area contributed by atoms with Crippen LogP contribution in [0.3, 0.4) is 0 Å². The van der Waals surface area contributed by atoms with Crippen molar-refractivity contribution in [2.24, 2.45) is 5.92 Å². The molecule has 1 atom stereocenters. The van der Waals surface area contributed by atoms with E-state index in [9.17, 15) is 23.6 Å². The van der Waals surface area contributed by atoms with Crippen LogP contribution in [0, 0.1) is 16.0 Å². The summed E-state index contributed by atoms with van der Waals surface area (Å²) < 4.78 is 26.1. The lowest BCUT2D eigenvalue weighted by Crippen LogP contribution is -2.34. The Balaban J connectivity index is 2.98. The third kappa shape index (κ3) is 3.98. The number of nitrogens with one attached hydrogen (secondary N) is 1. The molecule has 0 aliphatic rings. The van der Waals surface area contributed by atoms with Crippen LogP contribution in [-0.4, -0.2) is 31.1 Å². The standard InChI is InChI=1S/C11H16N2O5S/c1-8(2)10(14)7-12-19(17,18)11-6-4-3-5-9(11)13(15)16/h3-6,8,10,12,14H,7H2,1-2H3. The van der Waals surface area contributed by atoms with E-state index in [-0.39, 0.29) is 12.5 Å². The third-order valence-electron chi connectivity index (χ3n) is 2.60. The summed E-state index contributed by atoms with van der Waals surface area (Å²) in [6.07, 6.45) is -0.849. The van der Waals surface area contributed by atoms with Gasteiger partial charge in [0.15, 0.2) is 4.90 Å². The second-order valence-electron chi connectivity index (χ2n) is 4.39. The van der Waals surface area contributed by atoms with Gasteiger partial charge < -0.3 is 5.11 Å². The molecule has 106 valence electrons. The van der Waals surface area contributed by atoms with Crippen molar-refractivity contribution in [1.82, 2.24) is 4.72 Å². The maximum absolute atomic E-state index is 12.0. The first-order valence-electron chi connectivity index (χ1n) is 5.67. The van der Waals surface area contributed by atoms with Crippen molar-refractivity contribution in [1.29, 1.82) is 0 Å². The summed E-state index contributed by atoms with van der Waals surface area (Å²) in [7, 11) is -4.02. The molecule has 0 fully saturated rings. The van der Waals surface area contributed by atoms with Crippen LogP contribution in [0.15, 0.2) is 29.2 Å². The zero-order chi connectivity index (χ0) is 14.6. The highest BCUT2D eigenvalue weighted by atomic mass is 32.2. The number of nitro groups is 1. The minimum absolute atomic E-state index is 0.117. The molecule has 0 bridgehead atoms. The minimum atomic E-state index is -4.02. The van der Waals surface area contributed by atoms with Gasteiger partial charge in [-0.1, -0.05) is 26.0 Å². The van der Waals surface area contributed by atoms with Gasteiger partial charge >= 0.3 is 0 Å². The second kappa shape index (κ2) is 6.09. The zero-order valence-corrected chi connectivity index (χ0v) is 11.4. The number of aliphatic hydroxyl groups excluding tert-OH is 1. The summed E-state index contributed by atoms with van der Waals surface area (Å²) >= 11 is 0. The molecule has 7 nitrogen and oxygen atoms in total. The molecule has 0 radical (unpaired) electrons. The van der Waals surface area contributed by atoms with Gasteiger partial charge in [-0.15, -0.1) is 0 Å². The van der Waals surface area contributed by atoms with Crippen LogP contribution in [0.5, 0.6) is 0 Å². The van der Waals surface area contributed by atoms with Crippen LogP contribution in [0.4, 0.5) is 5.69 Å². The molecule has 0 aromatic heterocycles. The molecule has 8 heteroatoms.